The zero-order valence-corrected chi connectivity index (χ0v) is 40.5. The summed E-state index contributed by atoms with van der Waals surface area (Å²) in [4.78, 5) is 10.5. The second kappa shape index (κ2) is 18.3. The van der Waals surface area contributed by atoms with E-state index >= 15 is 0 Å². The number of rotatable bonds is 9. The largest absolute Gasteiger partial charge is 0.507 e. The molecule has 4 nitrogen and oxygen atoms in total. The molecule has 9 rings (SSSR count). The van der Waals surface area contributed by atoms with Crippen LogP contribution in [-0.4, -0.2) is 19.6 Å². The Balaban J connectivity index is 0.00000625. The van der Waals surface area contributed by atoms with Crippen molar-refractivity contribution in [2.75, 3.05) is 0 Å². The molecule has 2 aromatic heterocycles. The van der Waals surface area contributed by atoms with Crippen LogP contribution in [0, 0.1) is 19.8 Å². The van der Waals surface area contributed by atoms with E-state index in [0.717, 1.165) is 78.1 Å². The van der Waals surface area contributed by atoms with E-state index in [4.69, 9.17) is 14.1 Å². The van der Waals surface area contributed by atoms with E-state index < -0.39 is 6.85 Å². The van der Waals surface area contributed by atoms with Gasteiger partial charge in [0.2, 0.25) is 0 Å². The van der Waals surface area contributed by atoms with Crippen molar-refractivity contribution in [3.05, 3.63) is 192 Å². The molecule has 1 N–H and O–H groups in total. The molecule has 2 heterocycles. The molecule has 7 aromatic carbocycles. The van der Waals surface area contributed by atoms with Crippen molar-refractivity contribution in [3.8, 4) is 78.6 Å². The van der Waals surface area contributed by atoms with Gasteiger partial charge >= 0.3 is 0 Å². The Morgan fingerprint density at radius 1 is 0.615 bits per heavy atom. The predicted octanol–water partition coefficient (Wildman–Crippen LogP) is 16.1. The molecule has 0 aliphatic carbocycles. The van der Waals surface area contributed by atoms with E-state index in [0.29, 0.717) is 16.9 Å². The minimum Gasteiger partial charge on any atom is -0.507 e. The van der Waals surface area contributed by atoms with Crippen molar-refractivity contribution in [3.63, 3.8) is 0 Å². The smallest absolute Gasteiger partial charge is 0.148 e. The number of hydrogen-bond acceptors (Lipinski definition) is 3. The summed E-state index contributed by atoms with van der Waals surface area (Å²) in [7, 11) is 0. The molecule has 0 amide bonds. The van der Waals surface area contributed by atoms with Crippen LogP contribution in [0.15, 0.2) is 158 Å². The number of pyridine rings is 1. The Morgan fingerprint density at radius 3 is 2.00 bits per heavy atom. The van der Waals surface area contributed by atoms with E-state index in [9.17, 15) is 5.11 Å². The Hall–Kier alpha value is -6.35. The fourth-order valence-electron chi connectivity index (χ4n) is 8.63. The summed E-state index contributed by atoms with van der Waals surface area (Å²) >= 11 is 0. The number of phenols is 1. The summed E-state index contributed by atoms with van der Waals surface area (Å²) in [6.07, 6.45) is 1.86. The number of fused-ring (bicyclic) bond motifs is 1. The quantitative estimate of drug-likeness (QED) is 0.147. The van der Waals surface area contributed by atoms with Gasteiger partial charge in [0, 0.05) is 42.6 Å². The van der Waals surface area contributed by atoms with Crippen LogP contribution in [0.3, 0.4) is 0 Å². The van der Waals surface area contributed by atoms with Crippen LogP contribution in [0.4, 0.5) is 0 Å². The van der Waals surface area contributed by atoms with Gasteiger partial charge in [-0.15, -0.1) is 23.8 Å². The minimum atomic E-state index is -2.34. The Labute approximate surface area is 403 Å². The Bertz CT molecular complexity index is 3270. The molecule has 0 saturated heterocycles. The SMILES string of the molecule is [2H]C([2H])([2H])c1ccc(-n2c(-c3cc(C(C)C)cc(C(C)C)c3O)nc3c(-c4[c-]c(-c5cc(-c6ccc(C)cc6)ccn5)cc(-c5ccccc5)c4)cccc32)c(-c2ccc(C(C)(C)C)cc2)c1.[Pt]. The third-order valence-corrected chi connectivity index (χ3v) is 12.4. The molecule has 0 saturated carbocycles. The van der Waals surface area contributed by atoms with Gasteiger partial charge in [0.15, 0.2) is 0 Å². The molecule has 0 bridgehead atoms. The number of phenolic OH excluding ortho intramolecular Hbond substituents is 1. The normalized spacial score (nSPS) is 12.6. The molecular formula is C60H56N3OPt-. The number of para-hydroxylation sites is 1. The molecule has 0 unspecified atom stereocenters. The molecule has 0 radical (unpaired) electrons. The summed E-state index contributed by atoms with van der Waals surface area (Å²) in [5, 5.41) is 12.3. The van der Waals surface area contributed by atoms with Crippen LogP contribution in [0.2, 0.25) is 0 Å². The van der Waals surface area contributed by atoms with E-state index in [-0.39, 0.29) is 49.6 Å². The van der Waals surface area contributed by atoms with Gasteiger partial charge in [-0.05, 0) is 100 Å². The van der Waals surface area contributed by atoms with Gasteiger partial charge in [-0.3, -0.25) is 9.55 Å². The third kappa shape index (κ3) is 9.02. The molecular weight excluding hydrogens is 974 g/mol. The average Bonchev–Trinajstić information content (AvgIpc) is 3.70. The fourth-order valence-corrected chi connectivity index (χ4v) is 8.63. The molecule has 0 atom stereocenters. The topological polar surface area (TPSA) is 50.9 Å². The molecule has 328 valence electrons. The van der Waals surface area contributed by atoms with Gasteiger partial charge in [0.1, 0.15) is 11.6 Å². The first-order chi connectivity index (χ1) is 31.9. The summed E-state index contributed by atoms with van der Waals surface area (Å²) < 4.78 is 27.5. The Kier molecular flexibility index (Phi) is 11.6. The number of aromatic nitrogens is 3. The van der Waals surface area contributed by atoms with Crippen molar-refractivity contribution in [2.24, 2.45) is 0 Å². The third-order valence-electron chi connectivity index (χ3n) is 12.4. The Morgan fingerprint density at radius 2 is 1.31 bits per heavy atom. The van der Waals surface area contributed by atoms with Crippen LogP contribution in [0.1, 0.15) is 92.2 Å². The zero-order valence-electron chi connectivity index (χ0n) is 41.3. The summed E-state index contributed by atoms with van der Waals surface area (Å²) in [5.74, 6) is 0.929. The minimum absolute atomic E-state index is 0. The standard InChI is InChI=1S/C60H56N3O.Pt/c1-37(2)45-34-51(38(3)4)58(64)53(35-45)59-62-57-50(16-13-17-56(57)63(59)55-27-20-40(6)30-52(55)43-23-25-49(26-24-43)60(7,8)9)47-31-46(41-14-11-10-12-15-41)32-48(33-47)54-36-44(28-29-61-54)42-21-18-39(5)19-22-42;/h10-32,34-38,64H,1-9H3;/q-1;/i6D3;. The van der Waals surface area contributed by atoms with Crippen molar-refractivity contribution >= 4 is 11.0 Å². The molecule has 65 heavy (non-hydrogen) atoms. The first-order valence-corrected chi connectivity index (χ1v) is 22.3. The van der Waals surface area contributed by atoms with E-state index in [1.54, 1.807) is 12.1 Å². The van der Waals surface area contributed by atoms with Gasteiger partial charge in [-0.25, -0.2) is 4.98 Å². The van der Waals surface area contributed by atoms with Gasteiger partial charge in [0.05, 0.1) is 22.3 Å². The van der Waals surface area contributed by atoms with E-state index in [1.165, 1.54) is 11.1 Å². The first kappa shape index (κ1) is 41.4. The number of nitrogens with zero attached hydrogens (tertiary/aromatic N) is 3. The van der Waals surface area contributed by atoms with Gasteiger partial charge in [-0.2, -0.15) is 0 Å². The van der Waals surface area contributed by atoms with Crippen molar-refractivity contribution < 1.29 is 30.3 Å². The second-order valence-electron chi connectivity index (χ2n) is 18.7. The summed E-state index contributed by atoms with van der Waals surface area (Å²) in [5.41, 5.74) is 16.5. The molecule has 0 fully saturated rings. The van der Waals surface area contributed by atoms with Gasteiger partial charge < -0.3 is 5.11 Å². The first-order valence-electron chi connectivity index (χ1n) is 23.8. The summed E-state index contributed by atoms with van der Waals surface area (Å²) in [6, 6.07) is 55.3. The molecule has 0 aliphatic heterocycles. The van der Waals surface area contributed by atoms with Crippen LogP contribution in [-0.2, 0) is 26.5 Å². The van der Waals surface area contributed by atoms with Gasteiger partial charge in [-0.1, -0.05) is 185 Å². The second-order valence-corrected chi connectivity index (χ2v) is 18.7. The number of aryl methyl sites for hydroxylation is 2. The van der Waals surface area contributed by atoms with Crippen molar-refractivity contribution in [1.29, 1.82) is 0 Å². The maximum absolute atomic E-state index is 12.3. The zero-order chi connectivity index (χ0) is 47.4. The van der Waals surface area contributed by atoms with Crippen molar-refractivity contribution in [1.82, 2.24) is 14.5 Å². The van der Waals surface area contributed by atoms with E-state index in [1.807, 2.05) is 42.6 Å². The van der Waals surface area contributed by atoms with Crippen LogP contribution in [0.25, 0.3) is 83.9 Å². The maximum atomic E-state index is 12.3. The fraction of sp³-hybridized carbons (Fsp3) is 0.200. The van der Waals surface area contributed by atoms with Crippen LogP contribution >= 0.6 is 0 Å². The van der Waals surface area contributed by atoms with E-state index in [2.05, 4.69) is 169 Å². The number of imidazole rings is 1. The van der Waals surface area contributed by atoms with Crippen LogP contribution in [0.5, 0.6) is 5.75 Å². The number of aromatic hydroxyl groups is 1. The summed E-state index contributed by atoms with van der Waals surface area (Å²) in [6.45, 7) is 14.8. The average molecular weight is 1030 g/mol. The monoisotopic (exact) mass is 1030 g/mol. The maximum Gasteiger partial charge on any atom is 0.148 e. The van der Waals surface area contributed by atoms with Crippen molar-refractivity contribution in [2.45, 2.75) is 79.5 Å². The molecule has 9 aromatic rings. The predicted molar refractivity (Wildman–Crippen MR) is 268 cm³/mol. The molecule has 5 heteroatoms. The van der Waals surface area contributed by atoms with Crippen LogP contribution < -0.4 is 0 Å². The number of hydrogen-bond donors (Lipinski definition) is 1. The van der Waals surface area contributed by atoms with Gasteiger partial charge in [0.25, 0.3) is 0 Å². The molecule has 0 aliphatic rings. The molecule has 0 spiro atoms. The number of benzene rings is 7.